The Bertz CT molecular complexity index is 586. The molecule has 1 aliphatic heterocycles. The van der Waals surface area contributed by atoms with Gasteiger partial charge >= 0.3 is 5.97 Å². The van der Waals surface area contributed by atoms with Crippen molar-refractivity contribution >= 4 is 17.6 Å². The van der Waals surface area contributed by atoms with E-state index in [2.05, 4.69) is 5.32 Å². The quantitative estimate of drug-likeness (QED) is 0.823. The first-order valence-electron chi connectivity index (χ1n) is 7.32. The van der Waals surface area contributed by atoms with Gasteiger partial charge in [0, 0.05) is 12.2 Å². The fourth-order valence-corrected chi connectivity index (χ4v) is 2.55. The summed E-state index contributed by atoms with van der Waals surface area (Å²) in [5.74, 6) is -0.632. The van der Waals surface area contributed by atoms with Crippen LogP contribution in [-0.4, -0.2) is 37.7 Å². The van der Waals surface area contributed by atoms with Crippen molar-refractivity contribution in [1.29, 1.82) is 0 Å². The summed E-state index contributed by atoms with van der Waals surface area (Å²) in [6, 6.07) is 3.45. The van der Waals surface area contributed by atoms with E-state index in [1.807, 2.05) is 19.9 Å². The second-order valence-electron chi connectivity index (χ2n) is 5.51. The van der Waals surface area contributed by atoms with Crippen molar-refractivity contribution in [3.63, 3.8) is 0 Å². The van der Waals surface area contributed by atoms with E-state index in [1.165, 1.54) is 7.11 Å². The van der Waals surface area contributed by atoms with Crippen LogP contribution in [0.2, 0.25) is 0 Å². The summed E-state index contributed by atoms with van der Waals surface area (Å²) in [6.07, 6.45) is 0.898. The molecule has 1 amide bonds. The maximum atomic E-state index is 12.2. The van der Waals surface area contributed by atoms with Crippen molar-refractivity contribution in [2.75, 3.05) is 19.0 Å². The van der Waals surface area contributed by atoms with Crippen LogP contribution in [0, 0.1) is 13.8 Å². The SMILES string of the molecule is COC(=O)c1cc(NC(=O)[C@@H]2CC[C@H](CN)O2)cc(C)c1C. The third kappa shape index (κ3) is 3.45. The normalized spacial score (nSPS) is 20.7. The average Bonchev–Trinajstić information content (AvgIpc) is 2.99. The van der Waals surface area contributed by atoms with Gasteiger partial charge in [0.25, 0.3) is 5.91 Å². The van der Waals surface area contributed by atoms with Crippen LogP contribution in [0.4, 0.5) is 5.69 Å². The zero-order valence-electron chi connectivity index (χ0n) is 13.1. The molecule has 1 saturated heterocycles. The van der Waals surface area contributed by atoms with Crippen LogP contribution in [-0.2, 0) is 14.3 Å². The van der Waals surface area contributed by atoms with E-state index in [0.717, 1.165) is 17.5 Å². The summed E-state index contributed by atoms with van der Waals surface area (Å²) in [5, 5.41) is 2.80. The maximum Gasteiger partial charge on any atom is 0.338 e. The highest BCUT2D eigenvalue weighted by Crippen LogP contribution is 2.23. The van der Waals surface area contributed by atoms with Gasteiger partial charge in [-0.1, -0.05) is 0 Å². The fourth-order valence-electron chi connectivity index (χ4n) is 2.55. The van der Waals surface area contributed by atoms with Gasteiger partial charge in [-0.15, -0.1) is 0 Å². The van der Waals surface area contributed by atoms with Crippen molar-refractivity contribution in [1.82, 2.24) is 0 Å². The fraction of sp³-hybridized carbons (Fsp3) is 0.500. The number of amides is 1. The number of esters is 1. The van der Waals surface area contributed by atoms with Crippen molar-refractivity contribution in [2.45, 2.75) is 38.9 Å². The Kier molecular flexibility index (Phi) is 5.15. The number of hydrogen-bond donors (Lipinski definition) is 2. The van der Waals surface area contributed by atoms with Gasteiger partial charge in [0.15, 0.2) is 0 Å². The summed E-state index contributed by atoms with van der Waals surface area (Å²) in [4.78, 5) is 24.0. The van der Waals surface area contributed by atoms with Gasteiger partial charge in [0.05, 0.1) is 18.8 Å². The number of nitrogens with one attached hydrogen (secondary N) is 1. The van der Waals surface area contributed by atoms with E-state index in [0.29, 0.717) is 24.2 Å². The number of benzene rings is 1. The molecule has 22 heavy (non-hydrogen) atoms. The molecule has 1 aromatic rings. The molecule has 1 heterocycles. The zero-order valence-corrected chi connectivity index (χ0v) is 13.1. The Hall–Kier alpha value is -1.92. The molecule has 1 aromatic carbocycles. The lowest BCUT2D eigenvalue weighted by atomic mass is 10.0. The molecular formula is C16H22N2O4. The first-order chi connectivity index (χ1) is 10.5. The predicted molar refractivity (Wildman–Crippen MR) is 82.8 cm³/mol. The first kappa shape index (κ1) is 16.5. The van der Waals surface area contributed by atoms with Gasteiger partial charge in [-0.25, -0.2) is 4.79 Å². The highest BCUT2D eigenvalue weighted by atomic mass is 16.5. The molecule has 120 valence electrons. The smallest absolute Gasteiger partial charge is 0.338 e. The van der Waals surface area contributed by atoms with Crippen LogP contribution in [0.5, 0.6) is 0 Å². The number of anilines is 1. The summed E-state index contributed by atoms with van der Waals surface area (Å²) < 4.78 is 10.3. The van der Waals surface area contributed by atoms with Gasteiger partial charge in [0.1, 0.15) is 6.10 Å². The molecule has 0 aliphatic carbocycles. The second kappa shape index (κ2) is 6.89. The molecule has 2 rings (SSSR count). The third-order valence-electron chi connectivity index (χ3n) is 4.00. The monoisotopic (exact) mass is 306 g/mol. The Morgan fingerprint density at radius 2 is 2.09 bits per heavy atom. The molecule has 6 nitrogen and oxygen atoms in total. The first-order valence-corrected chi connectivity index (χ1v) is 7.32. The van der Waals surface area contributed by atoms with Crippen LogP contribution in [0.3, 0.4) is 0 Å². The number of nitrogens with two attached hydrogens (primary N) is 1. The highest BCUT2D eigenvalue weighted by Gasteiger charge is 2.30. The summed E-state index contributed by atoms with van der Waals surface area (Å²) in [7, 11) is 1.34. The van der Waals surface area contributed by atoms with E-state index in [4.69, 9.17) is 15.2 Å². The standard InChI is InChI=1S/C16H22N2O4/c1-9-6-11(7-13(10(9)2)16(20)21-3)18-15(19)14-5-4-12(8-17)22-14/h6-7,12,14H,4-5,8,17H2,1-3H3,(H,18,19)/t12-,14+/m1/s1. The second-order valence-corrected chi connectivity index (χ2v) is 5.51. The molecular weight excluding hydrogens is 284 g/mol. The van der Waals surface area contributed by atoms with Crippen LogP contribution >= 0.6 is 0 Å². The molecule has 1 aliphatic rings. The molecule has 0 radical (unpaired) electrons. The van der Waals surface area contributed by atoms with Crippen molar-refractivity contribution in [3.8, 4) is 0 Å². The highest BCUT2D eigenvalue weighted by molar-refractivity contribution is 5.97. The number of carbonyl (C=O) groups excluding carboxylic acids is 2. The lowest BCUT2D eigenvalue weighted by Gasteiger charge is -2.15. The number of aryl methyl sites for hydroxylation is 1. The molecule has 0 spiro atoms. The van der Waals surface area contributed by atoms with Crippen LogP contribution < -0.4 is 11.1 Å². The van der Waals surface area contributed by atoms with Crippen molar-refractivity contribution in [2.24, 2.45) is 5.73 Å². The van der Waals surface area contributed by atoms with E-state index in [9.17, 15) is 9.59 Å². The van der Waals surface area contributed by atoms with Crippen LogP contribution in [0.1, 0.15) is 34.3 Å². The summed E-state index contributed by atoms with van der Waals surface area (Å²) >= 11 is 0. The number of rotatable bonds is 4. The molecule has 0 aromatic heterocycles. The minimum atomic E-state index is -0.489. The number of hydrogen-bond acceptors (Lipinski definition) is 5. The van der Waals surface area contributed by atoms with Crippen LogP contribution in [0.15, 0.2) is 12.1 Å². The van der Waals surface area contributed by atoms with E-state index >= 15 is 0 Å². The Balaban J connectivity index is 2.14. The largest absolute Gasteiger partial charge is 0.465 e. The molecule has 3 N–H and O–H groups in total. The van der Waals surface area contributed by atoms with Gasteiger partial charge in [-0.2, -0.15) is 0 Å². The lowest BCUT2D eigenvalue weighted by molar-refractivity contribution is -0.126. The molecule has 0 unspecified atom stereocenters. The molecule has 2 atom stereocenters. The minimum absolute atomic E-state index is 0.0545. The van der Waals surface area contributed by atoms with Crippen LogP contribution in [0.25, 0.3) is 0 Å². The third-order valence-corrected chi connectivity index (χ3v) is 4.00. The maximum absolute atomic E-state index is 12.2. The Morgan fingerprint density at radius 3 is 2.68 bits per heavy atom. The summed E-state index contributed by atoms with van der Waals surface area (Å²) in [5.41, 5.74) is 8.30. The van der Waals surface area contributed by atoms with Crippen molar-refractivity contribution < 1.29 is 19.1 Å². The van der Waals surface area contributed by atoms with Gasteiger partial charge < -0.3 is 20.5 Å². The molecule has 0 saturated carbocycles. The predicted octanol–water partition coefficient (Wildman–Crippen LogP) is 1.53. The van der Waals surface area contributed by atoms with E-state index < -0.39 is 12.1 Å². The topological polar surface area (TPSA) is 90.7 Å². The van der Waals surface area contributed by atoms with E-state index in [1.54, 1.807) is 6.07 Å². The van der Waals surface area contributed by atoms with E-state index in [-0.39, 0.29) is 12.0 Å². The Morgan fingerprint density at radius 1 is 1.36 bits per heavy atom. The number of ether oxygens (including phenoxy) is 2. The number of methoxy groups -OCH3 is 1. The average molecular weight is 306 g/mol. The Labute approximate surface area is 130 Å². The number of carbonyl (C=O) groups is 2. The van der Waals surface area contributed by atoms with Gasteiger partial charge in [-0.05, 0) is 49.9 Å². The van der Waals surface area contributed by atoms with Gasteiger partial charge in [-0.3, -0.25) is 4.79 Å². The summed E-state index contributed by atoms with van der Waals surface area (Å²) in [6.45, 7) is 4.15. The lowest BCUT2D eigenvalue weighted by Crippen LogP contribution is -2.30. The zero-order chi connectivity index (χ0) is 16.3. The molecule has 0 bridgehead atoms. The minimum Gasteiger partial charge on any atom is -0.465 e. The molecule has 1 fully saturated rings. The van der Waals surface area contributed by atoms with Crippen molar-refractivity contribution in [3.05, 3.63) is 28.8 Å². The molecule has 6 heteroatoms. The van der Waals surface area contributed by atoms with Gasteiger partial charge in [0.2, 0.25) is 0 Å².